The van der Waals surface area contributed by atoms with E-state index >= 15 is 0 Å². The second-order valence-corrected chi connectivity index (χ2v) is 3.91. The smallest absolute Gasteiger partial charge is 0.343 e. The normalized spacial score (nSPS) is 17.3. The van der Waals surface area contributed by atoms with E-state index < -0.39 is 37.0 Å². The van der Waals surface area contributed by atoms with E-state index in [1.165, 1.54) is 12.1 Å². The van der Waals surface area contributed by atoms with Crippen LogP contribution in [0.4, 0.5) is 0 Å². The van der Waals surface area contributed by atoms with E-state index in [2.05, 4.69) is 0 Å². The van der Waals surface area contributed by atoms with Gasteiger partial charge in [-0.15, -0.1) is 0 Å². The quantitative estimate of drug-likeness (QED) is 0.300. The molecule has 0 aliphatic rings. The number of aliphatic hydroxyl groups is 5. The van der Waals surface area contributed by atoms with E-state index in [0.717, 1.165) is 0 Å². The Morgan fingerprint density at radius 1 is 1.05 bits per heavy atom. The van der Waals surface area contributed by atoms with E-state index in [-0.39, 0.29) is 5.75 Å². The maximum Gasteiger partial charge on any atom is 0.343 e. The lowest BCUT2D eigenvalue weighted by molar-refractivity contribution is -0.161. The van der Waals surface area contributed by atoms with Crippen molar-refractivity contribution < 1.29 is 35.1 Å². The van der Waals surface area contributed by atoms with Crippen LogP contribution in [0.25, 0.3) is 0 Å². The van der Waals surface area contributed by atoms with Crippen LogP contribution in [-0.2, 0) is 4.79 Å². The highest BCUT2D eigenvalue weighted by Gasteiger charge is 2.35. The van der Waals surface area contributed by atoms with Crippen LogP contribution in [0.2, 0.25) is 0 Å². The fourth-order valence-corrected chi connectivity index (χ4v) is 1.33. The first-order chi connectivity index (χ1) is 8.97. The van der Waals surface area contributed by atoms with Gasteiger partial charge in [0.1, 0.15) is 24.1 Å². The number of carbonyl (C=O) groups excluding carboxylic acids is 1. The zero-order valence-electron chi connectivity index (χ0n) is 9.96. The van der Waals surface area contributed by atoms with Crippen molar-refractivity contribution in [3.8, 4) is 5.75 Å². The molecule has 1 aromatic carbocycles. The van der Waals surface area contributed by atoms with Gasteiger partial charge in [0.05, 0.1) is 6.61 Å². The lowest BCUT2D eigenvalue weighted by Crippen LogP contribution is -2.49. The second kappa shape index (κ2) is 7.17. The van der Waals surface area contributed by atoms with Crippen molar-refractivity contribution in [3.63, 3.8) is 0 Å². The Morgan fingerprint density at radius 2 is 1.63 bits per heavy atom. The van der Waals surface area contributed by atoms with Crippen molar-refractivity contribution in [2.24, 2.45) is 0 Å². The third kappa shape index (κ3) is 4.27. The number of aliphatic hydroxyl groups excluding tert-OH is 5. The average Bonchev–Trinajstić information content (AvgIpc) is 2.44. The zero-order chi connectivity index (χ0) is 14.4. The van der Waals surface area contributed by atoms with Gasteiger partial charge in [-0.3, -0.25) is 0 Å². The van der Waals surface area contributed by atoms with Gasteiger partial charge in [-0.2, -0.15) is 0 Å². The van der Waals surface area contributed by atoms with Crippen molar-refractivity contribution in [1.29, 1.82) is 0 Å². The summed E-state index contributed by atoms with van der Waals surface area (Å²) in [6.07, 6.45) is -7.56. The molecule has 0 bridgehead atoms. The third-order valence-corrected chi connectivity index (χ3v) is 2.46. The third-order valence-electron chi connectivity index (χ3n) is 2.46. The molecule has 1 aromatic rings. The zero-order valence-corrected chi connectivity index (χ0v) is 9.96. The number of hydrogen-bond donors (Lipinski definition) is 5. The first-order valence-corrected chi connectivity index (χ1v) is 5.57. The minimum absolute atomic E-state index is 0.163. The van der Waals surface area contributed by atoms with Crippen molar-refractivity contribution in [3.05, 3.63) is 30.3 Å². The summed E-state index contributed by atoms with van der Waals surface area (Å²) in [5, 5.41) is 46.0. The molecule has 0 fully saturated rings. The molecule has 106 valence electrons. The number of para-hydroxylation sites is 1. The van der Waals surface area contributed by atoms with Gasteiger partial charge in [0.2, 0.25) is 0 Å². The summed E-state index contributed by atoms with van der Waals surface area (Å²) in [6.45, 7) is -0.821. The molecule has 0 spiro atoms. The van der Waals surface area contributed by atoms with E-state index in [9.17, 15) is 20.1 Å². The molecule has 0 aliphatic heterocycles. The summed E-state index contributed by atoms with van der Waals surface area (Å²) in [6, 6.07) is 7.85. The van der Waals surface area contributed by atoms with Crippen molar-refractivity contribution in [1.82, 2.24) is 0 Å². The summed E-state index contributed by atoms with van der Waals surface area (Å²) in [5.41, 5.74) is 0. The molecule has 0 aromatic heterocycles. The maximum atomic E-state index is 11.5. The van der Waals surface area contributed by atoms with Crippen LogP contribution in [0.15, 0.2) is 30.3 Å². The number of benzene rings is 1. The lowest BCUT2D eigenvalue weighted by Gasteiger charge is -2.24. The molecule has 1 rings (SSSR count). The summed E-state index contributed by atoms with van der Waals surface area (Å²) in [7, 11) is 0. The maximum absolute atomic E-state index is 11.5. The molecule has 19 heavy (non-hydrogen) atoms. The summed E-state index contributed by atoms with van der Waals surface area (Å²) < 4.78 is 4.76. The van der Waals surface area contributed by atoms with Crippen LogP contribution in [0.3, 0.4) is 0 Å². The van der Waals surface area contributed by atoms with Gasteiger partial charge in [-0.1, -0.05) is 18.2 Å². The van der Waals surface area contributed by atoms with E-state index in [0.29, 0.717) is 0 Å². The highest BCUT2D eigenvalue weighted by atomic mass is 16.6. The van der Waals surface area contributed by atoms with Crippen molar-refractivity contribution in [2.75, 3.05) is 6.61 Å². The van der Waals surface area contributed by atoms with Gasteiger partial charge < -0.3 is 30.3 Å². The van der Waals surface area contributed by atoms with Crippen LogP contribution in [0, 0.1) is 0 Å². The Bertz CT molecular complexity index is 394. The fourth-order valence-electron chi connectivity index (χ4n) is 1.33. The molecule has 0 amide bonds. The minimum Gasteiger partial charge on any atom is -0.425 e. The number of esters is 1. The lowest BCUT2D eigenvalue weighted by atomic mass is 10.0. The molecule has 0 unspecified atom stereocenters. The molecule has 0 radical (unpaired) electrons. The molecule has 4 atom stereocenters. The van der Waals surface area contributed by atoms with Gasteiger partial charge in [-0.25, -0.2) is 4.79 Å². The number of carbonyl (C=O) groups is 1. The molecule has 0 aliphatic carbocycles. The Hall–Kier alpha value is -1.51. The monoisotopic (exact) mass is 272 g/mol. The van der Waals surface area contributed by atoms with Crippen LogP contribution in [0.1, 0.15) is 0 Å². The first kappa shape index (κ1) is 15.5. The van der Waals surface area contributed by atoms with Crippen LogP contribution < -0.4 is 4.74 Å². The predicted molar refractivity (Wildman–Crippen MR) is 63.2 cm³/mol. The Labute approximate surface area is 109 Å². The minimum atomic E-state index is -2.04. The summed E-state index contributed by atoms with van der Waals surface area (Å²) in [5.74, 6) is -1.01. The predicted octanol–water partition coefficient (Wildman–Crippen LogP) is -1.97. The highest BCUT2D eigenvalue weighted by Crippen LogP contribution is 2.12. The first-order valence-electron chi connectivity index (χ1n) is 5.57. The van der Waals surface area contributed by atoms with Crippen LogP contribution >= 0.6 is 0 Å². The van der Waals surface area contributed by atoms with Gasteiger partial charge in [0.15, 0.2) is 6.10 Å². The molecular weight excluding hydrogens is 256 g/mol. The fraction of sp³-hybridized carbons (Fsp3) is 0.417. The molecular formula is C12H16O7. The Kier molecular flexibility index (Phi) is 5.87. The SMILES string of the molecule is O=C(Oc1ccccc1)[C@H](O)[C@@H](O)[C@@H](O)[C@H](O)CO. The molecule has 5 N–H and O–H groups in total. The summed E-state index contributed by atoms with van der Waals surface area (Å²) >= 11 is 0. The average molecular weight is 272 g/mol. The van der Waals surface area contributed by atoms with Gasteiger partial charge in [-0.05, 0) is 12.1 Å². The standard InChI is InChI=1S/C12H16O7/c13-6-8(14)9(15)10(16)11(17)12(18)19-7-4-2-1-3-5-7/h1-5,8-11,13-17H,6H2/t8-,9+,10+,11-/m1/s1. The molecule has 0 saturated carbocycles. The van der Waals surface area contributed by atoms with E-state index in [1.807, 2.05) is 0 Å². The Balaban J connectivity index is 2.61. The largest absolute Gasteiger partial charge is 0.425 e. The van der Waals surface area contributed by atoms with Gasteiger partial charge in [0.25, 0.3) is 0 Å². The highest BCUT2D eigenvalue weighted by molar-refractivity contribution is 5.77. The van der Waals surface area contributed by atoms with Crippen LogP contribution in [-0.4, -0.2) is 62.5 Å². The number of ether oxygens (including phenoxy) is 1. The van der Waals surface area contributed by atoms with Gasteiger partial charge in [0, 0.05) is 0 Å². The Morgan fingerprint density at radius 3 is 2.16 bits per heavy atom. The van der Waals surface area contributed by atoms with Gasteiger partial charge >= 0.3 is 5.97 Å². The second-order valence-electron chi connectivity index (χ2n) is 3.91. The van der Waals surface area contributed by atoms with Crippen LogP contribution in [0.5, 0.6) is 5.75 Å². The number of hydrogen-bond acceptors (Lipinski definition) is 7. The topological polar surface area (TPSA) is 127 Å². The number of rotatable bonds is 6. The van der Waals surface area contributed by atoms with E-state index in [1.54, 1.807) is 18.2 Å². The molecule has 0 heterocycles. The van der Waals surface area contributed by atoms with E-state index in [4.69, 9.17) is 14.9 Å². The summed E-state index contributed by atoms with van der Waals surface area (Å²) in [4.78, 5) is 11.5. The van der Waals surface area contributed by atoms with Crippen molar-refractivity contribution >= 4 is 5.97 Å². The molecule has 0 saturated heterocycles. The molecule has 7 heteroatoms. The molecule has 7 nitrogen and oxygen atoms in total. The van der Waals surface area contributed by atoms with Crippen molar-refractivity contribution in [2.45, 2.75) is 24.4 Å².